The van der Waals surface area contributed by atoms with E-state index in [4.69, 9.17) is 21.4 Å². The molecule has 0 bridgehead atoms. The second kappa shape index (κ2) is 5.22. The first-order chi connectivity index (χ1) is 10.0. The molecule has 1 aliphatic heterocycles. The molecule has 1 aromatic rings. The maximum absolute atomic E-state index is 12.1. The van der Waals surface area contributed by atoms with Crippen molar-refractivity contribution in [2.75, 3.05) is 11.4 Å². The Labute approximate surface area is 127 Å². The van der Waals surface area contributed by atoms with E-state index in [2.05, 4.69) is 0 Å². The Kier molecular flexibility index (Phi) is 3.53. The molecule has 1 saturated heterocycles. The molecule has 2 aliphatic rings. The van der Waals surface area contributed by atoms with Crippen molar-refractivity contribution in [2.45, 2.75) is 31.3 Å². The van der Waals surface area contributed by atoms with Gasteiger partial charge >= 0.3 is 12.1 Å². The highest BCUT2D eigenvalue weighted by atomic mass is 35.5. The first-order valence-electron chi connectivity index (χ1n) is 6.99. The molecule has 2 fully saturated rings. The van der Waals surface area contributed by atoms with Gasteiger partial charge in [-0.05, 0) is 37.8 Å². The normalized spacial score (nSPS) is 28.7. The van der Waals surface area contributed by atoms with Gasteiger partial charge in [0.2, 0.25) is 0 Å². The standard InChI is InChI=1S/C15H16ClNO4/c16-11-3-1-2-4-12(11)17-9-15(21-14(17)20)7-5-10(6-8-15)13(18)19/h1-4,10H,5-9H2,(H,18,19). The minimum absolute atomic E-state index is 0.330. The highest BCUT2D eigenvalue weighted by Gasteiger charge is 2.48. The van der Waals surface area contributed by atoms with Gasteiger partial charge in [0.25, 0.3) is 0 Å². The van der Waals surface area contributed by atoms with Crippen molar-refractivity contribution in [2.24, 2.45) is 5.92 Å². The van der Waals surface area contributed by atoms with Gasteiger partial charge in [0, 0.05) is 0 Å². The number of halogens is 1. The Balaban J connectivity index is 1.77. The first-order valence-corrected chi connectivity index (χ1v) is 7.36. The lowest BCUT2D eigenvalue weighted by molar-refractivity contribution is -0.144. The van der Waals surface area contributed by atoms with Gasteiger partial charge in [-0.25, -0.2) is 4.79 Å². The third-order valence-electron chi connectivity index (χ3n) is 4.36. The quantitative estimate of drug-likeness (QED) is 0.910. The zero-order chi connectivity index (χ0) is 15.0. The first kappa shape index (κ1) is 14.2. The van der Waals surface area contributed by atoms with Gasteiger partial charge in [0.1, 0.15) is 5.60 Å². The largest absolute Gasteiger partial charge is 0.481 e. The predicted molar refractivity (Wildman–Crippen MR) is 77.6 cm³/mol. The van der Waals surface area contributed by atoms with E-state index >= 15 is 0 Å². The summed E-state index contributed by atoms with van der Waals surface area (Å²) in [5, 5.41) is 9.56. The van der Waals surface area contributed by atoms with Crippen molar-refractivity contribution in [3.8, 4) is 0 Å². The number of benzene rings is 1. The number of hydrogen-bond donors (Lipinski definition) is 1. The Morgan fingerprint density at radius 2 is 2.00 bits per heavy atom. The van der Waals surface area contributed by atoms with E-state index in [-0.39, 0.29) is 5.92 Å². The number of aliphatic carboxylic acids is 1. The zero-order valence-corrected chi connectivity index (χ0v) is 12.2. The fourth-order valence-electron chi connectivity index (χ4n) is 3.13. The molecular formula is C15H16ClNO4. The lowest BCUT2D eigenvalue weighted by atomic mass is 9.79. The van der Waals surface area contributed by atoms with Crippen LogP contribution in [0.15, 0.2) is 24.3 Å². The van der Waals surface area contributed by atoms with Crippen LogP contribution in [-0.2, 0) is 9.53 Å². The number of rotatable bonds is 2. The fraction of sp³-hybridized carbons (Fsp3) is 0.467. The summed E-state index contributed by atoms with van der Waals surface area (Å²) in [5.41, 5.74) is 0.0729. The lowest BCUT2D eigenvalue weighted by Gasteiger charge is -2.33. The number of carbonyl (C=O) groups excluding carboxylic acids is 1. The molecule has 6 heteroatoms. The van der Waals surface area contributed by atoms with Crippen LogP contribution in [-0.4, -0.2) is 29.3 Å². The van der Waals surface area contributed by atoms with E-state index in [1.807, 2.05) is 6.07 Å². The van der Waals surface area contributed by atoms with Crippen molar-refractivity contribution in [3.63, 3.8) is 0 Å². The van der Waals surface area contributed by atoms with E-state index in [9.17, 15) is 9.59 Å². The number of carboxylic acids is 1. The van der Waals surface area contributed by atoms with E-state index in [0.29, 0.717) is 42.9 Å². The maximum Gasteiger partial charge on any atom is 0.415 e. The summed E-state index contributed by atoms with van der Waals surface area (Å²) < 4.78 is 5.58. The SMILES string of the molecule is O=C(O)C1CCC2(CC1)CN(c1ccccc1Cl)C(=O)O2. The van der Waals surface area contributed by atoms with Crippen molar-refractivity contribution < 1.29 is 19.4 Å². The van der Waals surface area contributed by atoms with Crippen LogP contribution in [0.3, 0.4) is 0 Å². The molecule has 1 aliphatic carbocycles. The van der Waals surface area contributed by atoms with Gasteiger partial charge in [-0.1, -0.05) is 23.7 Å². The molecule has 1 spiro atoms. The van der Waals surface area contributed by atoms with E-state index in [1.165, 1.54) is 0 Å². The van der Waals surface area contributed by atoms with Crippen LogP contribution in [0.1, 0.15) is 25.7 Å². The Morgan fingerprint density at radius 3 is 2.62 bits per heavy atom. The monoisotopic (exact) mass is 309 g/mol. The topological polar surface area (TPSA) is 66.8 Å². The minimum atomic E-state index is -0.767. The Hall–Kier alpha value is -1.75. The molecule has 0 radical (unpaired) electrons. The minimum Gasteiger partial charge on any atom is -0.481 e. The molecule has 1 saturated carbocycles. The molecule has 5 nitrogen and oxygen atoms in total. The highest BCUT2D eigenvalue weighted by Crippen LogP contribution is 2.41. The molecule has 112 valence electrons. The second-order valence-corrected chi connectivity index (χ2v) is 6.11. The van der Waals surface area contributed by atoms with E-state index in [1.54, 1.807) is 23.1 Å². The fourth-order valence-corrected chi connectivity index (χ4v) is 3.37. The van der Waals surface area contributed by atoms with Gasteiger partial charge in [-0.15, -0.1) is 0 Å². The molecule has 21 heavy (non-hydrogen) atoms. The van der Waals surface area contributed by atoms with E-state index in [0.717, 1.165) is 0 Å². The zero-order valence-electron chi connectivity index (χ0n) is 11.4. The number of hydrogen-bond acceptors (Lipinski definition) is 3. The number of ether oxygens (including phenoxy) is 1. The molecule has 0 aromatic heterocycles. The Bertz CT molecular complexity index is 581. The van der Waals surface area contributed by atoms with Crippen molar-refractivity contribution in [1.29, 1.82) is 0 Å². The average molecular weight is 310 g/mol. The van der Waals surface area contributed by atoms with E-state index < -0.39 is 17.7 Å². The van der Waals surface area contributed by atoms with Crippen molar-refractivity contribution in [3.05, 3.63) is 29.3 Å². The van der Waals surface area contributed by atoms with Crippen LogP contribution in [0.5, 0.6) is 0 Å². The third-order valence-corrected chi connectivity index (χ3v) is 4.68. The van der Waals surface area contributed by atoms with Crippen LogP contribution in [0, 0.1) is 5.92 Å². The molecule has 1 heterocycles. The second-order valence-electron chi connectivity index (χ2n) is 5.70. The number of nitrogens with zero attached hydrogens (tertiary/aromatic N) is 1. The van der Waals surface area contributed by atoms with Crippen LogP contribution in [0.2, 0.25) is 5.02 Å². The van der Waals surface area contributed by atoms with Crippen LogP contribution < -0.4 is 4.90 Å². The van der Waals surface area contributed by atoms with Gasteiger partial charge in [0.05, 0.1) is 23.2 Å². The summed E-state index contributed by atoms with van der Waals surface area (Å²) in [4.78, 5) is 24.7. The number of carboxylic acid groups (broad SMARTS) is 1. The molecule has 0 unspecified atom stereocenters. The highest BCUT2D eigenvalue weighted by molar-refractivity contribution is 6.33. The number of amides is 1. The number of anilines is 1. The summed E-state index contributed by atoms with van der Waals surface area (Å²) in [6.45, 7) is 0.432. The molecule has 3 rings (SSSR count). The summed E-state index contributed by atoms with van der Waals surface area (Å²) in [5.74, 6) is -1.10. The van der Waals surface area contributed by atoms with Crippen LogP contribution >= 0.6 is 11.6 Å². The molecule has 1 aromatic carbocycles. The summed E-state index contributed by atoms with van der Waals surface area (Å²) in [6, 6.07) is 7.14. The average Bonchev–Trinajstić information content (AvgIpc) is 2.76. The van der Waals surface area contributed by atoms with Gasteiger partial charge < -0.3 is 9.84 Å². The van der Waals surface area contributed by atoms with Gasteiger partial charge in [-0.2, -0.15) is 0 Å². The predicted octanol–water partition coefficient (Wildman–Crippen LogP) is 3.31. The summed E-state index contributed by atoms with van der Waals surface area (Å²) in [6.07, 6.45) is 1.84. The van der Waals surface area contributed by atoms with Gasteiger partial charge in [-0.3, -0.25) is 9.69 Å². The lowest BCUT2D eigenvalue weighted by Crippen LogP contribution is -2.40. The number of para-hydroxylation sites is 1. The summed E-state index contributed by atoms with van der Waals surface area (Å²) >= 11 is 6.13. The smallest absolute Gasteiger partial charge is 0.415 e. The maximum atomic E-state index is 12.1. The third kappa shape index (κ3) is 2.58. The van der Waals surface area contributed by atoms with Gasteiger partial charge in [0.15, 0.2) is 0 Å². The molecular weight excluding hydrogens is 294 g/mol. The molecule has 1 amide bonds. The van der Waals surface area contributed by atoms with Crippen molar-refractivity contribution in [1.82, 2.24) is 0 Å². The number of carbonyl (C=O) groups is 2. The Morgan fingerprint density at radius 1 is 1.33 bits per heavy atom. The van der Waals surface area contributed by atoms with Crippen molar-refractivity contribution >= 4 is 29.4 Å². The van der Waals surface area contributed by atoms with Crippen LogP contribution in [0.25, 0.3) is 0 Å². The molecule has 0 atom stereocenters. The molecule has 1 N–H and O–H groups in total. The van der Waals surface area contributed by atoms with Crippen LogP contribution in [0.4, 0.5) is 10.5 Å². The summed E-state index contributed by atoms with van der Waals surface area (Å²) in [7, 11) is 0.